The molecular weight excluding hydrogens is 292 g/mol. The Labute approximate surface area is 108 Å². The second-order valence-corrected chi connectivity index (χ2v) is 4.29. The summed E-state index contributed by atoms with van der Waals surface area (Å²) in [5.41, 5.74) is 0.858. The average molecular weight is 303 g/mol. The summed E-state index contributed by atoms with van der Waals surface area (Å²) < 4.78 is 10.6. The van der Waals surface area contributed by atoms with Crippen LogP contribution in [0.3, 0.4) is 0 Å². The highest BCUT2D eigenvalue weighted by Gasteiger charge is 2.11. The van der Waals surface area contributed by atoms with Gasteiger partial charge < -0.3 is 9.47 Å². The van der Waals surface area contributed by atoms with E-state index < -0.39 is 0 Å². The minimum Gasteiger partial charge on any atom is -0.496 e. The number of ether oxygens (including phenoxy) is 2. The van der Waals surface area contributed by atoms with Gasteiger partial charge in [0.25, 0.3) is 0 Å². The lowest BCUT2D eigenvalue weighted by Gasteiger charge is -2.06. The van der Waals surface area contributed by atoms with Crippen LogP contribution in [0.1, 0.15) is 5.56 Å². The van der Waals surface area contributed by atoms with Crippen molar-refractivity contribution in [2.75, 3.05) is 14.2 Å². The van der Waals surface area contributed by atoms with Gasteiger partial charge in [0.2, 0.25) is 10.8 Å². The Hall–Kier alpha value is -0.940. The van der Waals surface area contributed by atoms with E-state index in [2.05, 4.69) is 15.9 Å². The molecule has 0 spiro atoms. The van der Waals surface area contributed by atoms with E-state index >= 15 is 0 Å². The number of Topliss-reactive ketones (excluding diaryl/α,β-unsaturated/α-hetero) is 1. The van der Waals surface area contributed by atoms with E-state index in [1.165, 1.54) is 7.11 Å². The molecule has 1 aromatic rings. The third kappa shape index (κ3) is 3.28. The first-order valence-corrected chi connectivity index (χ1v) is 5.72. The van der Waals surface area contributed by atoms with Crippen LogP contribution < -0.4 is 4.74 Å². The van der Waals surface area contributed by atoms with Crippen molar-refractivity contribution in [2.45, 2.75) is 6.42 Å². The molecule has 0 radical (unpaired) electrons. The SMILES string of the molecule is COC(=S)C(=O)Cc1ccc(OC)c(Br)c1. The Morgan fingerprint density at radius 3 is 2.62 bits per heavy atom. The van der Waals surface area contributed by atoms with Crippen LogP contribution in [0.4, 0.5) is 0 Å². The lowest BCUT2D eigenvalue weighted by molar-refractivity contribution is -0.113. The van der Waals surface area contributed by atoms with Gasteiger partial charge in [-0.3, -0.25) is 4.79 Å². The fourth-order valence-corrected chi connectivity index (χ4v) is 1.85. The number of hydrogen-bond acceptors (Lipinski definition) is 4. The molecule has 0 unspecified atom stereocenters. The predicted molar refractivity (Wildman–Crippen MR) is 69.0 cm³/mol. The number of carbonyl (C=O) groups is 1. The summed E-state index contributed by atoms with van der Waals surface area (Å²) in [6, 6.07) is 5.44. The Bertz CT molecular complexity index is 418. The van der Waals surface area contributed by atoms with Crippen LogP contribution in [0.25, 0.3) is 0 Å². The fourth-order valence-electron chi connectivity index (χ4n) is 1.19. The summed E-state index contributed by atoms with van der Waals surface area (Å²) in [6.45, 7) is 0. The van der Waals surface area contributed by atoms with Gasteiger partial charge in [0.1, 0.15) is 5.75 Å². The quantitative estimate of drug-likeness (QED) is 0.801. The van der Waals surface area contributed by atoms with Crippen molar-refractivity contribution in [3.8, 4) is 5.75 Å². The summed E-state index contributed by atoms with van der Waals surface area (Å²) in [7, 11) is 2.98. The zero-order chi connectivity index (χ0) is 12.1. The van der Waals surface area contributed by atoms with Crippen molar-refractivity contribution in [3.63, 3.8) is 0 Å². The zero-order valence-corrected chi connectivity index (χ0v) is 11.4. The van der Waals surface area contributed by atoms with Crippen molar-refractivity contribution in [1.29, 1.82) is 0 Å². The molecule has 3 nitrogen and oxygen atoms in total. The van der Waals surface area contributed by atoms with Gasteiger partial charge in [0, 0.05) is 6.42 Å². The van der Waals surface area contributed by atoms with Crippen LogP contribution in [-0.2, 0) is 16.0 Å². The second kappa shape index (κ2) is 5.96. The van der Waals surface area contributed by atoms with Crippen LogP contribution in [0, 0.1) is 0 Å². The lowest BCUT2D eigenvalue weighted by Crippen LogP contribution is -2.15. The number of hydrogen-bond donors (Lipinski definition) is 0. The minimum absolute atomic E-state index is 0.00643. The molecule has 0 saturated carbocycles. The monoisotopic (exact) mass is 302 g/mol. The molecule has 5 heteroatoms. The van der Waals surface area contributed by atoms with Gasteiger partial charge in [-0.05, 0) is 45.8 Å². The van der Waals surface area contributed by atoms with E-state index in [9.17, 15) is 4.79 Å². The van der Waals surface area contributed by atoms with E-state index in [4.69, 9.17) is 21.7 Å². The standard InChI is InChI=1S/C11H11BrO3S/c1-14-10-4-3-7(5-8(10)12)6-9(13)11(16)15-2/h3-5H,6H2,1-2H3. The maximum atomic E-state index is 11.5. The molecule has 0 heterocycles. The first-order valence-electron chi connectivity index (χ1n) is 4.52. The second-order valence-electron chi connectivity index (χ2n) is 3.06. The Balaban J connectivity index is 2.79. The van der Waals surface area contributed by atoms with Crippen molar-refractivity contribution in [2.24, 2.45) is 0 Å². The van der Waals surface area contributed by atoms with Crippen LogP contribution in [0.15, 0.2) is 22.7 Å². The number of carbonyl (C=O) groups excluding carboxylic acids is 1. The minimum atomic E-state index is -0.199. The molecule has 0 N–H and O–H groups in total. The number of rotatable bonds is 4. The Morgan fingerprint density at radius 2 is 2.12 bits per heavy atom. The molecule has 1 rings (SSSR count). The van der Waals surface area contributed by atoms with Gasteiger partial charge in [-0.1, -0.05) is 6.07 Å². The summed E-state index contributed by atoms with van der Waals surface area (Å²) in [5, 5.41) is 0.00643. The number of ketones is 1. The summed E-state index contributed by atoms with van der Waals surface area (Å²) in [4.78, 5) is 11.5. The van der Waals surface area contributed by atoms with Crippen LogP contribution in [0.2, 0.25) is 0 Å². The number of halogens is 1. The number of thiocarbonyl (C=S) groups is 1. The molecule has 0 aromatic heterocycles. The topological polar surface area (TPSA) is 35.5 Å². The predicted octanol–water partition coefficient (Wildman–Crippen LogP) is 2.54. The maximum absolute atomic E-state index is 11.5. The van der Waals surface area contributed by atoms with E-state index in [1.807, 2.05) is 12.1 Å². The third-order valence-electron chi connectivity index (χ3n) is 1.99. The molecule has 0 aliphatic heterocycles. The largest absolute Gasteiger partial charge is 0.496 e. The van der Waals surface area contributed by atoms with Gasteiger partial charge in [-0.15, -0.1) is 0 Å². The van der Waals surface area contributed by atoms with Crippen molar-refractivity contribution in [1.82, 2.24) is 0 Å². The first kappa shape index (κ1) is 13.1. The number of benzene rings is 1. The lowest BCUT2D eigenvalue weighted by atomic mass is 10.1. The van der Waals surface area contributed by atoms with Crippen molar-refractivity contribution < 1.29 is 14.3 Å². The molecular formula is C11H11BrO3S. The molecule has 16 heavy (non-hydrogen) atoms. The van der Waals surface area contributed by atoms with Crippen LogP contribution in [0.5, 0.6) is 5.75 Å². The molecule has 1 aromatic carbocycles. The van der Waals surface area contributed by atoms with Crippen molar-refractivity contribution >= 4 is 39.0 Å². The number of methoxy groups -OCH3 is 2. The van der Waals surface area contributed by atoms with E-state index in [1.54, 1.807) is 13.2 Å². The average Bonchev–Trinajstić information content (AvgIpc) is 2.28. The third-order valence-corrected chi connectivity index (χ3v) is 3.01. The smallest absolute Gasteiger partial charge is 0.228 e. The summed E-state index contributed by atoms with van der Waals surface area (Å²) in [6.07, 6.45) is 0.231. The molecule has 0 aliphatic rings. The molecule has 0 saturated heterocycles. The normalized spacial score (nSPS) is 9.69. The molecule has 86 valence electrons. The Morgan fingerprint density at radius 1 is 1.44 bits per heavy atom. The van der Waals surface area contributed by atoms with Gasteiger partial charge in [-0.2, -0.15) is 0 Å². The van der Waals surface area contributed by atoms with E-state index in [0.29, 0.717) is 0 Å². The van der Waals surface area contributed by atoms with Gasteiger partial charge in [-0.25, -0.2) is 0 Å². The molecule has 0 amide bonds. The van der Waals surface area contributed by atoms with Crippen LogP contribution >= 0.6 is 28.1 Å². The fraction of sp³-hybridized carbons (Fsp3) is 0.273. The molecule has 0 fully saturated rings. The highest BCUT2D eigenvalue weighted by molar-refractivity contribution is 9.10. The maximum Gasteiger partial charge on any atom is 0.228 e. The molecule has 0 atom stereocenters. The Kier molecular flexibility index (Phi) is 4.89. The van der Waals surface area contributed by atoms with Gasteiger partial charge in [0.05, 0.1) is 18.7 Å². The molecule has 0 bridgehead atoms. The summed E-state index contributed by atoms with van der Waals surface area (Å²) in [5.74, 6) is 0.528. The van der Waals surface area contributed by atoms with Crippen molar-refractivity contribution in [3.05, 3.63) is 28.2 Å². The molecule has 0 aliphatic carbocycles. The van der Waals surface area contributed by atoms with Gasteiger partial charge >= 0.3 is 0 Å². The summed E-state index contributed by atoms with van der Waals surface area (Å²) >= 11 is 8.10. The van der Waals surface area contributed by atoms with Crippen LogP contribution in [-0.4, -0.2) is 25.1 Å². The zero-order valence-electron chi connectivity index (χ0n) is 8.95. The first-order chi connectivity index (χ1) is 7.58. The van der Waals surface area contributed by atoms with E-state index in [-0.39, 0.29) is 17.3 Å². The van der Waals surface area contributed by atoms with E-state index in [0.717, 1.165) is 15.8 Å². The highest BCUT2D eigenvalue weighted by Crippen LogP contribution is 2.25. The van der Waals surface area contributed by atoms with Gasteiger partial charge in [0.15, 0.2) is 0 Å². The highest BCUT2D eigenvalue weighted by atomic mass is 79.9.